The van der Waals surface area contributed by atoms with Crippen LogP contribution >= 0.6 is 0 Å². The molecular weight excluding hydrogens is 380 g/mol. The van der Waals surface area contributed by atoms with Crippen LogP contribution in [0, 0.1) is 0 Å². The Bertz CT molecular complexity index is 1090. The summed E-state index contributed by atoms with van der Waals surface area (Å²) in [5, 5.41) is 9.24. The van der Waals surface area contributed by atoms with E-state index in [-0.39, 0.29) is 16.6 Å². The van der Waals surface area contributed by atoms with Crippen molar-refractivity contribution in [2.24, 2.45) is 0 Å². The molecule has 0 saturated carbocycles. The number of rotatable bonds is 7. The first-order chi connectivity index (χ1) is 13.9. The molecule has 29 heavy (non-hydrogen) atoms. The average Bonchev–Trinajstić information content (AvgIpc) is 2.72. The average molecular weight is 400 g/mol. The van der Waals surface area contributed by atoms with Gasteiger partial charge in [-0.1, -0.05) is 0 Å². The van der Waals surface area contributed by atoms with E-state index in [0.29, 0.717) is 34.2 Å². The van der Waals surface area contributed by atoms with E-state index >= 15 is 0 Å². The third kappa shape index (κ3) is 3.96. The molecule has 1 N–H and O–H groups in total. The number of carboxylic acid groups (broad SMARTS) is 1. The number of aliphatic carboxylic acids is 1. The van der Waals surface area contributed by atoms with Crippen molar-refractivity contribution in [1.29, 1.82) is 0 Å². The topological polar surface area (TPSA) is 104 Å². The standard InChI is InChI=1S/C21H20O8/c1-11(21(23)24)28-13-5-6-16-14(9-13)15(22)10-17(29-16)12-7-18(25-2)20(27-4)19(8-12)26-3/h5-11H,1-4H3,(H,23,24)/t11-/m1/s1. The normalized spacial score (nSPS) is 11.7. The van der Waals surface area contributed by atoms with E-state index in [1.807, 2.05) is 0 Å². The summed E-state index contributed by atoms with van der Waals surface area (Å²) in [5.74, 6) is 0.757. The Balaban J connectivity index is 2.08. The van der Waals surface area contributed by atoms with Gasteiger partial charge in [0.1, 0.15) is 17.1 Å². The number of carboxylic acids is 1. The number of benzene rings is 2. The van der Waals surface area contributed by atoms with E-state index in [0.717, 1.165) is 0 Å². The first-order valence-electron chi connectivity index (χ1n) is 8.65. The maximum atomic E-state index is 12.7. The Morgan fingerprint density at radius 3 is 2.21 bits per heavy atom. The maximum Gasteiger partial charge on any atom is 0.344 e. The number of fused-ring (bicyclic) bond motifs is 1. The van der Waals surface area contributed by atoms with Crippen molar-refractivity contribution >= 4 is 16.9 Å². The van der Waals surface area contributed by atoms with Gasteiger partial charge in [0.15, 0.2) is 23.0 Å². The van der Waals surface area contributed by atoms with Crippen LogP contribution in [0.4, 0.5) is 0 Å². The molecule has 0 unspecified atom stereocenters. The largest absolute Gasteiger partial charge is 0.493 e. The van der Waals surface area contributed by atoms with E-state index in [1.165, 1.54) is 40.4 Å². The monoisotopic (exact) mass is 400 g/mol. The van der Waals surface area contributed by atoms with Crippen LogP contribution < -0.4 is 24.4 Å². The van der Waals surface area contributed by atoms with Gasteiger partial charge < -0.3 is 28.5 Å². The molecule has 3 aromatic rings. The van der Waals surface area contributed by atoms with E-state index < -0.39 is 12.1 Å². The van der Waals surface area contributed by atoms with Crippen LogP contribution in [0.25, 0.3) is 22.3 Å². The second-order valence-corrected chi connectivity index (χ2v) is 6.15. The SMILES string of the molecule is COc1cc(-c2cc(=O)c3cc(O[C@H](C)C(=O)O)ccc3o2)cc(OC)c1OC. The molecule has 0 aliphatic rings. The summed E-state index contributed by atoms with van der Waals surface area (Å²) in [7, 11) is 4.50. The van der Waals surface area contributed by atoms with Crippen molar-refractivity contribution < 1.29 is 33.3 Å². The first kappa shape index (κ1) is 20.1. The van der Waals surface area contributed by atoms with Gasteiger partial charge >= 0.3 is 5.97 Å². The summed E-state index contributed by atoms with van der Waals surface area (Å²) in [5.41, 5.74) is 0.596. The minimum Gasteiger partial charge on any atom is -0.493 e. The number of methoxy groups -OCH3 is 3. The predicted octanol–water partition coefficient (Wildman–Crippen LogP) is 3.34. The summed E-state index contributed by atoms with van der Waals surface area (Å²) in [6, 6.07) is 9.26. The van der Waals surface area contributed by atoms with Crippen LogP contribution in [0.15, 0.2) is 45.6 Å². The smallest absolute Gasteiger partial charge is 0.344 e. The molecule has 1 aromatic heterocycles. The third-order valence-electron chi connectivity index (χ3n) is 4.31. The van der Waals surface area contributed by atoms with Crippen molar-refractivity contribution in [1.82, 2.24) is 0 Å². The van der Waals surface area contributed by atoms with Gasteiger partial charge in [-0.2, -0.15) is 0 Å². The zero-order chi connectivity index (χ0) is 21.1. The maximum absolute atomic E-state index is 12.7. The molecule has 2 aromatic carbocycles. The Morgan fingerprint density at radius 2 is 1.66 bits per heavy atom. The third-order valence-corrected chi connectivity index (χ3v) is 4.31. The molecule has 1 heterocycles. The molecule has 0 amide bonds. The minimum atomic E-state index is -1.10. The molecule has 0 bridgehead atoms. The fourth-order valence-electron chi connectivity index (χ4n) is 2.83. The van der Waals surface area contributed by atoms with Crippen LogP contribution in [0.1, 0.15) is 6.92 Å². The molecule has 8 nitrogen and oxygen atoms in total. The summed E-state index contributed by atoms with van der Waals surface area (Å²) in [6.07, 6.45) is -1.04. The molecule has 0 aliphatic heterocycles. The Kier molecular flexibility index (Phi) is 5.63. The lowest BCUT2D eigenvalue weighted by molar-refractivity contribution is -0.144. The number of ether oxygens (including phenoxy) is 4. The van der Waals surface area contributed by atoms with Gasteiger partial charge in [0, 0.05) is 11.6 Å². The van der Waals surface area contributed by atoms with Crippen LogP contribution in [0.2, 0.25) is 0 Å². The van der Waals surface area contributed by atoms with Crippen LogP contribution in [-0.4, -0.2) is 38.5 Å². The fourth-order valence-corrected chi connectivity index (χ4v) is 2.83. The van der Waals surface area contributed by atoms with Crippen LogP contribution in [0.3, 0.4) is 0 Å². The van der Waals surface area contributed by atoms with Crippen LogP contribution in [0.5, 0.6) is 23.0 Å². The van der Waals surface area contributed by atoms with Crippen molar-refractivity contribution in [3.63, 3.8) is 0 Å². The predicted molar refractivity (Wildman–Crippen MR) is 105 cm³/mol. The Morgan fingerprint density at radius 1 is 1.00 bits per heavy atom. The zero-order valence-electron chi connectivity index (χ0n) is 16.3. The molecule has 3 rings (SSSR count). The highest BCUT2D eigenvalue weighted by molar-refractivity contribution is 5.81. The second kappa shape index (κ2) is 8.14. The molecule has 152 valence electrons. The molecular formula is C21H20O8. The van der Waals surface area contributed by atoms with Gasteiger partial charge in [-0.05, 0) is 37.3 Å². The Hall–Kier alpha value is -3.68. The van der Waals surface area contributed by atoms with Gasteiger partial charge in [-0.15, -0.1) is 0 Å². The van der Waals surface area contributed by atoms with E-state index in [4.69, 9.17) is 28.5 Å². The highest BCUT2D eigenvalue weighted by atomic mass is 16.5. The van der Waals surface area contributed by atoms with Gasteiger partial charge in [0.05, 0.1) is 26.7 Å². The summed E-state index contributed by atoms with van der Waals surface area (Å²) >= 11 is 0. The Labute approximate surface area is 166 Å². The van der Waals surface area contributed by atoms with Gasteiger partial charge in [-0.25, -0.2) is 4.79 Å². The van der Waals surface area contributed by atoms with E-state index in [2.05, 4.69) is 0 Å². The molecule has 0 aliphatic carbocycles. The summed E-state index contributed by atoms with van der Waals surface area (Å²) in [4.78, 5) is 23.6. The van der Waals surface area contributed by atoms with Gasteiger partial charge in [0.2, 0.25) is 5.75 Å². The molecule has 8 heteroatoms. The summed E-state index contributed by atoms with van der Waals surface area (Å²) < 4.78 is 27.2. The number of hydrogen-bond donors (Lipinski definition) is 1. The molecule has 1 atom stereocenters. The lowest BCUT2D eigenvalue weighted by Crippen LogP contribution is -2.22. The van der Waals surface area contributed by atoms with E-state index in [1.54, 1.807) is 24.3 Å². The van der Waals surface area contributed by atoms with Crippen molar-refractivity contribution in [3.05, 3.63) is 46.6 Å². The molecule has 0 saturated heterocycles. The number of carbonyl (C=O) groups is 1. The lowest BCUT2D eigenvalue weighted by atomic mass is 10.1. The van der Waals surface area contributed by atoms with Crippen LogP contribution in [-0.2, 0) is 4.79 Å². The van der Waals surface area contributed by atoms with Crippen molar-refractivity contribution in [2.75, 3.05) is 21.3 Å². The molecule has 0 fully saturated rings. The lowest BCUT2D eigenvalue weighted by Gasteiger charge is -2.14. The van der Waals surface area contributed by atoms with E-state index in [9.17, 15) is 9.59 Å². The van der Waals surface area contributed by atoms with Gasteiger partial charge in [-0.3, -0.25) is 4.79 Å². The minimum absolute atomic E-state index is 0.264. The van der Waals surface area contributed by atoms with Crippen molar-refractivity contribution in [3.8, 4) is 34.3 Å². The molecule has 0 radical (unpaired) electrons. The zero-order valence-corrected chi connectivity index (χ0v) is 16.3. The second-order valence-electron chi connectivity index (χ2n) is 6.15. The highest BCUT2D eigenvalue weighted by Gasteiger charge is 2.17. The number of hydrogen-bond acceptors (Lipinski definition) is 7. The quantitative estimate of drug-likeness (QED) is 0.644. The molecule has 0 spiro atoms. The fraction of sp³-hybridized carbons (Fsp3) is 0.238. The van der Waals surface area contributed by atoms with Crippen molar-refractivity contribution in [2.45, 2.75) is 13.0 Å². The first-order valence-corrected chi connectivity index (χ1v) is 8.65. The summed E-state index contributed by atoms with van der Waals surface area (Å²) in [6.45, 7) is 1.41. The van der Waals surface area contributed by atoms with Gasteiger partial charge in [0.25, 0.3) is 0 Å². The highest BCUT2D eigenvalue weighted by Crippen LogP contribution is 2.41.